The second kappa shape index (κ2) is 17.1. The summed E-state index contributed by atoms with van der Waals surface area (Å²) in [5, 5.41) is 12.8. The molecule has 2 aromatic rings. The molecule has 0 bridgehead atoms. The molecule has 0 heterocycles. The van der Waals surface area contributed by atoms with Gasteiger partial charge in [0.2, 0.25) is 17.7 Å². The van der Waals surface area contributed by atoms with Crippen molar-refractivity contribution in [3.05, 3.63) is 93.2 Å². The molecule has 0 saturated carbocycles. The van der Waals surface area contributed by atoms with Gasteiger partial charge in [0.1, 0.15) is 18.1 Å². The zero-order valence-electron chi connectivity index (χ0n) is 24.9. The van der Waals surface area contributed by atoms with Crippen LogP contribution >= 0.6 is 0 Å². The summed E-state index contributed by atoms with van der Waals surface area (Å²) in [6.07, 6.45) is 3.18. The summed E-state index contributed by atoms with van der Waals surface area (Å²) >= 11 is 0. The first kappa shape index (κ1) is 35.0. The van der Waals surface area contributed by atoms with E-state index in [2.05, 4.69) is 26.0 Å². The maximum Gasteiger partial charge on any atom is 0.243 e. The first-order valence-corrected chi connectivity index (χ1v) is 15.9. The first-order valence-electron chi connectivity index (χ1n) is 14.0. The van der Waals surface area contributed by atoms with Gasteiger partial charge in [0.15, 0.2) is 9.84 Å². The van der Waals surface area contributed by atoms with E-state index in [0.29, 0.717) is 13.0 Å². The van der Waals surface area contributed by atoms with Crippen molar-refractivity contribution in [2.45, 2.75) is 70.7 Å². The molecule has 13 heteroatoms. The Morgan fingerprint density at radius 2 is 1.49 bits per heavy atom. The molecule has 5 N–H and O–H groups in total. The van der Waals surface area contributed by atoms with Crippen LogP contribution in [0.25, 0.3) is 10.4 Å². The predicted molar refractivity (Wildman–Crippen MR) is 166 cm³/mol. The van der Waals surface area contributed by atoms with Gasteiger partial charge in [0.25, 0.3) is 0 Å². The van der Waals surface area contributed by atoms with Crippen molar-refractivity contribution in [1.82, 2.24) is 16.0 Å². The third kappa shape index (κ3) is 13.1. The Labute approximate surface area is 253 Å². The maximum atomic E-state index is 13.2. The Bertz CT molecular complexity index is 1410. The summed E-state index contributed by atoms with van der Waals surface area (Å²) in [7, 11) is -3.45. The second-order valence-corrected chi connectivity index (χ2v) is 12.8. The van der Waals surface area contributed by atoms with Crippen LogP contribution in [-0.4, -0.2) is 56.6 Å². The van der Waals surface area contributed by atoms with Gasteiger partial charge >= 0.3 is 0 Å². The normalized spacial score (nSPS) is 14.3. The van der Waals surface area contributed by atoms with Crippen LogP contribution in [0.5, 0.6) is 0 Å². The van der Waals surface area contributed by atoms with Crippen molar-refractivity contribution < 1.29 is 22.8 Å². The van der Waals surface area contributed by atoms with Gasteiger partial charge in [-0.3, -0.25) is 14.4 Å². The van der Waals surface area contributed by atoms with Crippen LogP contribution in [0.1, 0.15) is 43.9 Å². The summed E-state index contributed by atoms with van der Waals surface area (Å²) in [6, 6.07) is 12.7. The Morgan fingerprint density at radius 3 is 2.05 bits per heavy atom. The van der Waals surface area contributed by atoms with Crippen LogP contribution < -0.4 is 21.7 Å². The summed E-state index contributed by atoms with van der Waals surface area (Å²) in [5.41, 5.74) is 17.2. The SMILES string of the molecule is CC(C)C[C@H](NC(=O)[C@H](Cc1ccccc1)N=[N+]=[N-])C(=O)N[C@@H](C)C(=O)N[C@H](/C=C/S(C)(=O)=O)Cc1ccc(CN)cc1. The summed E-state index contributed by atoms with van der Waals surface area (Å²) in [6.45, 7) is 5.64. The Balaban J connectivity index is 2.13. The summed E-state index contributed by atoms with van der Waals surface area (Å²) in [4.78, 5) is 42.2. The number of hydrogen-bond acceptors (Lipinski definition) is 7. The van der Waals surface area contributed by atoms with Gasteiger partial charge in [-0.2, -0.15) is 0 Å². The highest BCUT2D eigenvalue weighted by Gasteiger charge is 2.28. The fraction of sp³-hybridized carbons (Fsp3) is 0.433. The molecule has 0 aliphatic rings. The number of benzene rings is 2. The van der Waals surface area contributed by atoms with E-state index < -0.39 is 51.7 Å². The lowest BCUT2D eigenvalue weighted by atomic mass is 10.0. The maximum absolute atomic E-state index is 13.2. The molecule has 0 spiro atoms. The third-order valence-electron chi connectivity index (χ3n) is 6.46. The quantitative estimate of drug-likeness (QED) is 0.128. The Morgan fingerprint density at radius 1 is 0.884 bits per heavy atom. The lowest BCUT2D eigenvalue weighted by Crippen LogP contribution is -2.55. The molecule has 0 unspecified atom stereocenters. The monoisotopic (exact) mass is 611 g/mol. The highest BCUT2D eigenvalue weighted by molar-refractivity contribution is 7.93. The highest BCUT2D eigenvalue weighted by Crippen LogP contribution is 2.11. The predicted octanol–water partition coefficient (Wildman–Crippen LogP) is 2.69. The molecule has 0 aliphatic heterocycles. The highest BCUT2D eigenvalue weighted by atomic mass is 32.2. The van der Waals surface area contributed by atoms with Gasteiger partial charge in [-0.15, -0.1) is 0 Å². The average molecular weight is 612 g/mol. The Kier molecular flexibility index (Phi) is 13.9. The van der Waals surface area contributed by atoms with Gasteiger partial charge in [-0.1, -0.05) is 79.6 Å². The number of nitrogens with one attached hydrogen (secondary N) is 3. The van der Waals surface area contributed by atoms with Crippen LogP contribution in [0, 0.1) is 5.92 Å². The van der Waals surface area contributed by atoms with E-state index in [1.54, 1.807) is 24.3 Å². The zero-order chi connectivity index (χ0) is 32.0. The zero-order valence-corrected chi connectivity index (χ0v) is 25.8. The summed E-state index contributed by atoms with van der Waals surface area (Å²) in [5.74, 6) is -1.71. The number of carbonyl (C=O) groups is 3. The van der Waals surface area contributed by atoms with Crippen LogP contribution in [0.15, 0.2) is 71.2 Å². The molecule has 0 fully saturated rings. The van der Waals surface area contributed by atoms with Gasteiger partial charge in [-0.05, 0) is 54.3 Å². The molecule has 0 aliphatic carbocycles. The van der Waals surface area contributed by atoms with Crippen LogP contribution in [0.3, 0.4) is 0 Å². The topological polar surface area (TPSA) is 196 Å². The van der Waals surface area contributed by atoms with E-state index >= 15 is 0 Å². The molecular weight excluding hydrogens is 570 g/mol. The van der Waals surface area contributed by atoms with Crippen molar-refractivity contribution in [1.29, 1.82) is 0 Å². The Hall–Kier alpha value is -4.19. The molecule has 4 atom stereocenters. The number of carbonyl (C=O) groups excluding carboxylic acids is 3. The van der Waals surface area contributed by atoms with Crippen LogP contribution in [0.2, 0.25) is 0 Å². The van der Waals surface area contributed by atoms with Crippen molar-refractivity contribution >= 4 is 27.6 Å². The van der Waals surface area contributed by atoms with Crippen molar-refractivity contribution in [2.75, 3.05) is 6.26 Å². The number of nitrogens with zero attached hydrogens (tertiary/aromatic N) is 3. The standard InChI is InChI=1S/C30H41N7O5S/c1-20(2)16-26(35-30(40)27(36-37-32)18-22-8-6-5-7-9-22)29(39)33-21(3)28(38)34-25(14-15-43(4,41)42)17-23-10-12-24(19-31)13-11-23/h5-15,20-21,25-27H,16-19,31H2,1-4H3,(H,33,39)(H,34,38)(H,35,40)/b15-14+/t21-,25+,26-,27-/m0/s1. The van der Waals surface area contributed by atoms with Crippen molar-refractivity contribution in [3.63, 3.8) is 0 Å². The number of hydrogen-bond donors (Lipinski definition) is 4. The second-order valence-electron chi connectivity index (χ2n) is 10.8. The molecule has 2 rings (SSSR count). The molecule has 2 aromatic carbocycles. The van der Waals surface area contributed by atoms with Crippen molar-refractivity contribution in [2.24, 2.45) is 16.8 Å². The molecule has 232 valence electrons. The smallest absolute Gasteiger partial charge is 0.243 e. The molecular formula is C30H41N7O5S. The van der Waals surface area contributed by atoms with E-state index in [-0.39, 0.29) is 18.8 Å². The van der Waals surface area contributed by atoms with E-state index in [1.807, 2.05) is 44.2 Å². The minimum absolute atomic E-state index is 0.0170. The van der Waals surface area contributed by atoms with Gasteiger partial charge in [0.05, 0.1) is 6.04 Å². The molecule has 3 amide bonds. The fourth-order valence-electron chi connectivity index (χ4n) is 4.21. The van der Waals surface area contributed by atoms with E-state index in [0.717, 1.165) is 28.4 Å². The lowest BCUT2D eigenvalue weighted by molar-refractivity contribution is -0.132. The minimum atomic E-state index is -3.45. The number of sulfone groups is 1. The number of rotatable bonds is 16. The van der Waals surface area contributed by atoms with E-state index in [4.69, 9.17) is 11.3 Å². The average Bonchev–Trinajstić information content (AvgIpc) is 2.95. The third-order valence-corrected chi connectivity index (χ3v) is 7.11. The number of amides is 3. The summed E-state index contributed by atoms with van der Waals surface area (Å²) < 4.78 is 23.5. The molecule has 12 nitrogen and oxygen atoms in total. The van der Waals surface area contributed by atoms with Crippen LogP contribution in [0.4, 0.5) is 0 Å². The van der Waals surface area contributed by atoms with E-state index in [9.17, 15) is 22.8 Å². The molecule has 0 radical (unpaired) electrons. The van der Waals surface area contributed by atoms with Gasteiger partial charge in [0, 0.05) is 23.1 Å². The molecule has 0 aromatic heterocycles. The largest absolute Gasteiger partial charge is 0.348 e. The van der Waals surface area contributed by atoms with Gasteiger partial charge in [-0.25, -0.2) is 8.42 Å². The van der Waals surface area contributed by atoms with Crippen LogP contribution in [-0.2, 0) is 43.6 Å². The minimum Gasteiger partial charge on any atom is -0.348 e. The fourth-order valence-corrected chi connectivity index (χ4v) is 4.69. The molecule has 43 heavy (non-hydrogen) atoms. The number of nitrogens with two attached hydrogens (primary N) is 1. The molecule has 0 saturated heterocycles. The lowest BCUT2D eigenvalue weighted by Gasteiger charge is -2.25. The van der Waals surface area contributed by atoms with Crippen molar-refractivity contribution in [3.8, 4) is 0 Å². The van der Waals surface area contributed by atoms with E-state index in [1.165, 1.54) is 13.0 Å². The van der Waals surface area contributed by atoms with Gasteiger partial charge < -0.3 is 21.7 Å². The first-order chi connectivity index (χ1) is 20.3. The number of azide groups is 1.